The number of rotatable bonds is 3. The van der Waals surface area contributed by atoms with Crippen LogP contribution in [0, 0.1) is 11.7 Å². The molecule has 2 unspecified atom stereocenters. The Bertz CT molecular complexity index is 340. The standard InChI is InChI=1S/C11H13BrFN/c1-14-6-7-4-10(7)9-3-2-8(12)5-11(9)13/h2-3,5,7,10,14H,4,6H2,1H3. The second-order valence-electron chi connectivity index (χ2n) is 3.83. The van der Waals surface area contributed by atoms with E-state index in [4.69, 9.17) is 0 Å². The molecule has 1 saturated carbocycles. The molecular weight excluding hydrogens is 245 g/mol. The van der Waals surface area contributed by atoms with Crippen LogP contribution in [-0.2, 0) is 0 Å². The van der Waals surface area contributed by atoms with Crippen molar-refractivity contribution in [1.82, 2.24) is 5.32 Å². The number of hydrogen-bond donors (Lipinski definition) is 1. The molecule has 1 N–H and O–H groups in total. The lowest BCUT2D eigenvalue weighted by Crippen LogP contribution is -2.10. The Hall–Kier alpha value is -0.410. The fraction of sp³-hybridized carbons (Fsp3) is 0.455. The summed E-state index contributed by atoms with van der Waals surface area (Å²) in [6.45, 7) is 0.986. The summed E-state index contributed by atoms with van der Waals surface area (Å²) in [5.74, 6) is 0.967. The molecule has 1 fully saturated rings. The lowest BCUT2D eigenvalue weighted by molar-refractivity contribution is 0.601. The van der Waals surface area contributed by atoms with Gasteiger partial charge >= 0.3 is 0 Å². The third-order valence-corrected chi connectivity index (χ3v) is 3.24. The van der Waals surface area contributed by atoms with Crippen LogP contribution in [0.25, 0.3) is 0 Å². The van der Waals surface area contributed by atoms with E-state index in [1.54, 1.807) is 6.07 Å². The Morgan fingerprint density at radius 1 is 1.57 bits per heavy atom. The van der Waals surface area contributed by atoms with Crippen LogP contribution >= 0.6 is 15.9 Å². The average Bonchev–Trinajstić information content (AvgIpc) is 2.84. The third-order valence-electron chi connectivity index (χ3n) is 2.75. The highest BCUT2D eigenvalue weighted by Gasteiger charge is 2.38. The maximum Gasteiger partial charge on any atom is 0.127 e. The van der Waals surface area contributed by atoms with Crippen molar-refractivity contribution in [3.8, 4) is 0 Å². The van der Waals surface area contributed by atoms with Gasteiger partial charge in [-0.2, -0.15) is 0 Å². The lowest BCUT2D eigenvalue weighted by Gasteiger charge is -2.02. The Labute approximate surface area is 91.8 Å². The van der Waals surface area contributed by atoms with Gasteiger partial charge in [0.15, 0.2) is 0 Å². The zero-order valence-electron chi connectivity index (χ0n) is 8.06. The highest BCUT2D eigenvalue weighted by molar-refractivity contribution is 9.10. The van der Waals surface area contributed by atoms with Gasteiger partial charge in [-0.1, -0.05) is 22.0 Å². The van der Waals surface area contributed by atoms with E-state index < -0.39 is 0 Å². The number of halogens is 2. The molecule has 0 radical (unpaired) electrons. The molecule has 0 aromatic heterocycles. The van der Waals surface area contributed by atoms with E-state index in [-0.39, 0.29) is 5.82 Å². The highest BCUT2D eigenvalue weighted by atomic mass is 79.9. The van der Waals surface area contributed by atoms with E-state index in [2.05, 4.69) is 21.2 Å². The summed E-state index contributed by atoms with van der Waals surface area (Å²) in [4.78, 5) is 0. The Balaban J connectivity index is 2.11. The first-order chi connectivity index (χ1) is 6.72. The van der Waals surface area contributed by atoms with Gasteiger partial charge in [-0.25, -0.2) is 4.39 Å². The summed E-state index contributed by atoms with van der Waals surface area (Å²) < 4.78 is 14.3. The molecule has 2 rings (SSSR count). The monoisotopic (exact) mass is 257 g/mol. The molecule has 0 heterocycles. The fourth-order valence-corrected chi connectivity index (χ4v) is 2.25. The van der Waals surface area contributed by atoms with Crippen molar-refractivity contribution in [2.24, 2.45) is 5.92 Å². The molecular formula is C11H13BrFN. The van der Waals surface area contributed by atoms with Crippen LogP contribution in [-0.4, -0.2) is 13.6 Å². The molecule has 0 amide bonds. The molecule has 3 heteroatoms. The normalized spacial score (nSPS) is 25.1. The first kappa shape index (κ1) is 10.1. The van der Waals surface area contributed by atoms with Crippen LogP contribution < -0.4 is 5.32 Å². The molecule has 1 aromatic rings. The van der Waals surface area contributed by atoms with Gasteiger partial charge in [0.2, 0.25) is 0 Å². The van der Waals surface area contributed by atoms with Gasteiger partial charge in [-0.3, -0.25) is 0 Å². The Kier molecular flexibility index (Phi) is 2.88. The summed E-state index contributed by atoms with van der Waals surface area (Å²) in [5, 5.41) is 3.13. The van der Waals surface area contributed by atoms with Crippen molar-refractivity contribution in [2.75, 3.05) is 13.6 Å². The van der Waals surface area contributed by atoms with E-state index in [1.165, 1.54) is 0 Å². The average molecular weight is 258 g/mol. The second-order valence-corrected chi connectivity index (χ2v) is 4.74. The van der Waals surface area contributed by atoms with E-state index in [1.807, 2.05) is 19.2 Å². The Morgan fingerprint density at radius 3 is 3.00 bits per heavy atom. The molecule has 2 atom stereocenters. The zero-order chi connectivity index (χ0) is 10.1. The highest BCUT2D eigenvalue weighted by Crippen LogP contribution is 2.47. The van der Waals surface area contributed by atoms with Crippen molar-refractivity contribution in [1.29, 1.82) is 0 Å². The van der Waals surface area contributed by atoms with Gasteiger partial charge in [0.05, 0.1) is 0 Å². The summed E-state index contributed by atoms with van der Waals surface area (Å²) in [5.41, 5.74) is 0.869. The van der Waals surface area contributed by atoms with Crippen LogP contribution in [0.2, 0.25) is 0 Å². The first-order valence-corrected chi connectivity index (χ1v) is 5.61. The van der Waals surface area contributed by atoms with Crippen LogP contribution in [0.4, 0.5) is 4.39 Å². The number of benzene rings is 1. The Morgan fingerprint density at radius 2 is 2.36 bits per heavy atom. The number of hydrogen-bond acceptors (Lipinski definition) is 1. The van der Waals surface area contributed by atoms with E-state index >= 15 is 0 Å². The molecule has 1 nitrogen and oxygen atoms in total. The molecule has 1 aliphatic carbocycles. The molecule has 0 spiro atoms. The molecule has 0 saturated heterocycles. The molecule has 14 heavy (non-hydrogen) atoms. The van der Waals surface area contributed by atoms with Crippen molar-refractivity contribution >= 4 is 15.9 Å². The predicted molar refractivity (Wildman–Crippen MR) is 58.9 cm³/mol. The maximum absolute atomic E-state index is 13.5. The zero-order valence-corrected chi connectivity index (χ0v) is 9.64. The fourth-order valence-electron chi connectivity index (χ4n) is 1.92. The quantitative estimate of drug-likeness (QED) is 0.879. The minimum Gasteiger partial charge on any atom is -0.319 e. The van der Waals surface area contributed by atoms with Crippen molar-refractivity contribution < 1.29 is 4.39 Å². The topological polar surface area (TPSA) is 12.0 Å². The summed E-state index contributed by atoms with van der Waals surface area (Å²) in [6.07, 6.45) is 1.11. The summed E-state index contributed by atoms with van der Waals surface area (Å²) in [6, 6.07) is 5.34. The van der Waals surface area contributed by atoms with E-state index in [0.717, 1.165) is 23.0 Å². The minimum atomic E-state index is -0.0806. The molecule has 1 aliphatic rings. The SMILES string of the molecule is CNCC1CC1c1ccc(Br)cc1F. The van der Waals surface area contributed by atoms with E-state index in [9.17, 15) is 4.39 Å². The summed E-state index contributed by atoms with van der Waals surface area (Å²) >= 11 is 3.26. The summed E-state index contributed by atoms with van der Waals surface area (Å²) in [7, 11) is 1.94. The van der Waals surface area contributed by atoms with Crippen molar-refractivity contribution in [2.45, 2.75) is 12.3 Å². The first-order valence-electron chi connectivity index (χ1n) is 4.82. The molecule has 0 aliphatic heterocycles. The predicted octanol–water partition coefficient (Wildman–Crippen LogP) is 2.91. The van der Waals surface area contributed by atoms with Gasteiger partial charge < -0.3 is 5.32 Å². The van der Waals surface area contributed by atoms with Gasteiger partial charge in [-0.15, -0.1) is 0 Å². The van der Waals surface area contributed by atoms with Gasteiger partial charge in [0.1, 0.15) is 5.82 Å². The second kappa shape index (κ2) is 3.99. The van der Waals surface area contributed by atoms with Crippen molar-refractivity contribution in [3.63, 3.8) is 0 Å². The number of nitrogens with one attached hydrogen (secondary N) is 1. The van der Waals surface area contributed by atoms with Gasteiger partial charge in [0, 0.05) is 4.47 Å². The largest absolute Gasteiger partial charge is 0.319 e. The maximum atomic E-state index is 13.5. The van der Waals surface area contributed by atoms with Crippen LogP contribution in [0.5, 0.6) is 0 Å². The smallest absolute Gasteiger partial charge is 0.127 e. The van der Waals surface area contributed by atoms with Crippen LogP contribution in [0.1, 0.15) is 17.9 Å². The van der Waals surface area contributed by atoms with Crippen LogP contribution in [0.3, 0.4) is 0 Å². The molecule has 1 aromatic carbocycles. The van der Waals surface area contributed by atoms with Crippen molar-refractivity contribution in [3.05, 3.63) is 34.1 Å². The van der Waals surface area contributed by atoms with Gasteiger partial charge in [0.25, 0.3) is 0 Å². The van der Waals surface area contributed by atoms with E-state index in [0.29, 0.717) is 11.8 Å². The molecule has 76 valence electrons. The minimum absolute atomic E-state index is 0.0806. The lowest BCUT2D eigenvalue weighted by atomic mass is 10.1. The van der Waals surface area contributed by atoms with Gasteiger partial charge in [-0.05, 0) is 49.5 Å². The van der Waals surface area contributed by atoms with Crippen LogP contribution in [0.15, 0.2) is 22.7 Å². The molecule has 0 bridgehead atoms. The third kappa shape index (κ3) is 1.98.